The van der Waals surface area contributed by atoms with E-state index in [0.717, 1.165) is 38.0 Å². The first-order chi connectivity index (χ1) is 10.2. The van der Waals surface area contributed by atoms with E-state index < -0.39 is 0 Å². The van der Waals surface area contributed by atoms with Gasteiger partial charge in [0.05, 0.1) is 0 Å². The molecule has 1 fully saturated rings. The standard InChI is InChI=1S/C20H37NO/c1-7-14-20(8-2,9-3)21-18(22)17-12-10-16(11-13-17)15-19(4,5)6/h7,16-17H,1,8-15H2,2-6H3,(H,21,22). The smallest absolute Gasteiger partial charge is 0.223 e. The summed E-state index contributed by atoms with van der Waals surface area (Å²) in [5, 5.41) is 3.35. The molecule has 0 aromatic carbocycles. The fourth-order valence-electron chi connectivity index (χ4n) is 3.90. The van der Waals surface area contributed by atoms with Gasteiger partial charge in [0.15, 0.2) is 0 Å². The van der Waals surface area contributed by atoms with Crippen LogP contribution in [0.1, 0.15) is 86.0 Å². The minimum Gasteiger partial charge on any atom is -0.350 e. The number of rotatable bonds is 7. The first-order valence-corrected chi connectivity index (χ1v) is 9.18. The molecule has 0 heterocycles. The van der Waals surface area contributed by atoms with Crippen LogP contribution in [0, 0.1) is 17.3 Å². The van der Waals surface area contributed by atoms with Gasteiger partial charge in [0.25, 0.3) is 0 Å². The average Bonchev–Trinajstić information content (AvgIpc) is 2.45. The molecular formula is C20H37NO. The predicted octanol–water partition coefficient (Wildman–Crippen LogP) is 5.48. The van der Waals surface area contributed by atoms with E-state index in [2.05, 4.69) is 46.5 Å². The van der Waals surface area contributed by atoms with Crippen molar-refractivity contribution < 1.29 is 4.79 Å². The van der Waals surface area contributed by atoms with Crippen LogP contribution in [-0.2, 0) is 4.79 Å². The van der Waals surface area contributed by atoms with Crippen LogP contribution < -0.4 is 5.32 Å². The highest BCUT2D eigenvalue weighted by atomic mass is 16.2. The molecule has 0 aromatic heterocycles. The maximum Gasteiger partial charge on any atom is 0.223 e. The van der Waals surface area contributed by atoms with Gasteiger partial charge in [-0.15, -0.1) is 6.58 Å². The number of carbonyl (C=O) groups excluding carboxylic acids is 1. The number of carbonyl (C=O) groups is 1. The van der Waals surface area contributed by atoms with Crippen LogP contribution in [0.25, 0.3) is 0 Å². The number of nitrogens with one attached hydrogen (secondary N) is 1. The highest BCUT2D eigenvalue weighted by molar-refractivity contribution is 5.79. The third-order valence-corrected chi connectivity index (χ3v) is 5.40. The van der Waals surface area contributed by atoms with Crippen LogP contribution in [0.15, 0.2) is 12.7 Å². The van der Waals surface area contributed by atoms with Gasteiger partial charge in [0.1, 0.15) is 0 Å². The summed E-state index contributed by atoms with van der Waals surface area (Å²) >= 11 is 0. The van der Waals surface area contributed by atoms with Crippen molar-refractivity contribution >= 4 is 5.91 Å². The Hall–Kier alpha value is -0.790. The lowest BCUT2D eigenvalue weighted by molar-refractivity contribution is -0.128. The van der Waals surface area contributed by atoms with E-state index >= 15 is 0 Å². The Morgan fingerprint density at radius 1 is 1.14 bits per heavy atom. The van der Waals surface area contributed by atoms with Gasteiger partial charge >= 0.3 is 0 Å². The van der Waals surface area contributed by atoms with E-state index in [4.69, 9.17) is 0 Å². The van der Waals surface area contributed by atoms with E-state index in [0.29, 0.717) is 5.41 Å². The summed E-state index contributed by atoms with van der Waals surface area (Å²) < 4.78 is 0. The lowest BCUT2D eigenvalue weighted by Gasteiger charge is -2.36. The molecule has 0 unspecified atom stereocenters. The van der Waals surface area contributed by atoms with Crippen molar-refractivity contribution in [2.24, 2.45) is 17.3 Å². The summed E-state index contributed by atoms with van der Waals surface area (Å²) in [7, 11) is 0. The second kappa shape index (κ2) is 8.17. The number of amides is 1. The molecule has 2 nitrogen and oxygen atoms in total. The second-order valence-electron chi connectivity index (χ2n) is 8.45. The van der Waals surface area contributed by atoms with E-state index in [1.165, 1.54) is 19.3 Å². The Morgan fingerprint density at radius 3 is 2.09 bits per heavy atom. The van der Waals surface area contributed by atoms with Crippen molar-refractivity contribution in [1.29, 1.82) is 0 Å². The Morgan fingerprint density at radius 2 is 1.68 bits per heavy atom. The lowest BCUT2D eigenvalue weighted by Crippen LogP contribution is -2.50. The van der Waals surface area contributed by atoms with E-state index in [1.807, 2.05) is 6.08 Å². The lowest BCUT2D eigenvalue weighted by atomic mass is 9.74. The van der Waals surface area contributed by atoms with Gasteiger partial charge in [-0.2, -0.15) is 0 Å². The average molecular weight is 308 g/mol. The first kappa shape index (κ1) is 19.3. The van der Waals surface area contributed by atoms with E-state index in [-0.39, 0.29) is 17.4 Å². The molecular weight excluding hydrogens is 270 g/mol. The molecule has 1 aliphatic rings. The van der Waals surface area contributed by atoms with Gasteiger partial charge < -0.3 is 5.32 Å². The number of hydrogen-bond acceptors (Lipinski definition) is 1. The van der Waals surface area contributed by atoms with Gasteiger partial charge in [-0.1, -0.05) is 40.7 Å². The maximum absolute atomic E-state index is 12.7. The van der Waals surface area contributed by atoms with Crippen molar-refractivity contribution in [2.45, 2.75) is 91.5 Å². The molecule has 0 saturated heterocycles. The highest BCUT2D eigenvalue weighted by Gasteiger charge is 2.33. The molecule has 1 saturated carbocycles. The Kier molecular flexibility index (Phi) is 7.15. The van der Waals surface area contributed by atoms with Gasteiger partial charge in [0.2, 0.25) is 5.91 Å². The van der Waals surface area contributed by atoms with Crippen molar-refractivity contribution in [3.8, 4) is 0 Å². The first-order valence-electron chi connectivity index (χ1n) is 9.18. The van der Waals surface area contributed by atoms with Gasteiger partial charge in [-0.3, -0.25) is 4.79 Å². The summed E-state index contributed by atoms with van der Waals surface area (Å²) in [5.41, 5.74) is 0.324. The fraction of sp³-hybridized carbons (Fsp3) is 0.850. The van der Waals surface area contributed by atoms with Gasteiger partial charge in [-0.05, 0) is 62.7 Å². The molecule has 1 N–H and O–H groups in total. The molecule has 0 aromatic rings. The molecule has 0 aliphatic heterocycles. The molecule has 1 amide bonds. The molecule has 0 bridgehead atoms. The summed E-state index contributed by atoms with van der Waals surface area (Å²) in [6, 6.07) is 0. The normalized spacial score (nSPS) is 23.1. The quantitative estimate of drug-likeness (QED) is 0.620. The Labute approximate surface area is 138 Å². The van der Waals surface area contributed by atoms with Crippen LogP contribution in [0.2, 0.25) is 0 Å². The van der Waals surface area contributed by atoms with Crippen molar-refractivity contribution in [2.75, 3.05) is 0 Å². The van der Waals surface area contributed by atoms with Crippen molar-refractivity contribution in [3.63, 3.8) is 0 Å². The molecule has 22 heavy (non-hydrogen) atoms. The highest BCUT2D eigenvalue weighted by Crippen LogP contribution is 2.36. The molecule has 1 rings (SSSR count). The zero-order chi connectivity index (χ0) is 16.8. The zero-order valence-corrected chi connectivity index (χ0v) is 15.5. The van der Waals surface area contributed by atoms with Crippen LogP contribution >= 0.6 is 0 Å². The van der Waals surface area contributed by atoms with Crippen molar-refractivity contribution in [3.05, 3.63) is 12.7 Å². The SMILES string of the molecule is C=CCC(CC)(CC)NC(=O)C1CCC(CC(C)(C)C)CC1. The molecule has 0 spiro atoms. The summed E-state index contributed by atoms with van der Waals surface area (Å²) in [6.07, 6.45) is 10.6. The molecule has 0 atom stereocenters. The van der Waals surface area contributed by atoms with Crippen LogP contribution in [-0.4, -0.2) is 11.4 Å². The zero-order valence-electron chi connectivity index (χ0n) is 15.5. The predicted molar refractivity (Wildman–Crippen MR) is 95.8 cm³/mol. The monoisotopic (exact) mass is 307 g/mol. The Balaban J connectivity index is 2.53. The van der Waals surface area contributed by atoms with Crippen molar-refractivity contribution in [1.82, 2.24) is 5.32 Å². The van der Waals surface area contributed by atoms with Crippen LogP contribution in [0.4, 0.5) is 0 Å². The summed E-state index contributed by atoms with van der Waals surface area (Å²) in [6.45, 7) is 15.1. The van der Waals surface area contributed by atoms with E-state index in [1.54, 1.807) is 0 Å². The largest absolute Gasteiger partial charge is 0.350 e. The van der Waals surface area contributed by atoms with E-state index in [9.17, 15) is 4.79 Å². The summed E-state index contributed by atoms with van der Waals surface area (Å²) in [5.74, 6) is 1.30. The van der Waals surface area contributed by atoms with Gasteiger partial charge in [0, 0.05) is 11.5 Å². The molecule has 1 aliphatic carbocycles. The third kappa shape index (κ3) is 5.78. The van der Waals surface area contributed by atoms with Crippen LogP contribution in [0.5, 0.6) is 0 Å². The Bertz CT molecular complexity index is 354. The minimum atomic E-state index is -0.0823. The number of hydrogen-bond donors (Lipinski definition) is 1. The third-order valence-electron chi connectivity index (χ3n) is 5.40. The molecule has 128 valence electrons. The maximum atomic E-state index is 12.7. The fourth-order valence-corrected chi connectivity index (χ4v) is 3.90. The van der Waals surface area contributed by atoms with Crippen LogP contribution in [0.3, 0.4) is 0 Å². The molecule has 0 radical (unpaired) electrons. The topological polar surface area (TPSA) is 29.1 Å². The van der Waals surface area contributed by atoms with Gasteiger partial charge in [-0.25, -0.2) is 0 Å². The minimum absolute atomic E-state index is 0.0823. The second-order valence-corrected chi connectivity index (χ2v) is 8.45. The molecule has 2 heteroatoms. The summed E-state index contributed by atoms with van der Waals surface area (Å²) in [4.78, 5) is 12.7.